The summed E-state index contributed by atoms with van der Waals surface area (Å²) < 4.78 is 0. The van der Waals surface area contributed by atoms with Crippen LogP contribution in [0, 0.1) is 17.2 Å². The summed E-state index contributed by atoms with van der Waals surface area (Å²) in [5.41, 5.74) is 2.02. The van der Waals surface area contributed by atoms with E-state index in [1.54, 1.807) is 0 Å². The zero-order valence-corrected chi connectivity index (χ0v) is 11.9. The van der Waals surface area contributed by atoms with Crippen LogP contribution in [0.3, 0.4) is 0 Å². The molecule has 0 aliphatic carbocycles. The van der Waals surface area contributed by atoms with Crippen LogP contribution in [0.1, 0.15) is 51.0 Å². The van der Waals surface area contributed by atoms with E-state index >= 15 is 0 Å². The van der Waals surface area contributed by atoms with Crippen molar-refractivity contribution in [2.75, 3.05) is 18.0 Å². The first-order valence-electron chi connectivity index (χ1n) is 7.58. The van der Waals surface area contributed by atoms with Gasteiger partial charge in [0.25, 0.3) is 0 Å². The highest BCUT2D eigenvalue weighted by Gasteiger charge is 2.18. The van der Waals surface area contributed by atoms with Crippen molar-refractivity contribution in [1.29, 1.82) is 5.26 Å². The van der Waals surface area contributed by atoms with Crippen LogP contribution in [0.4, 0.5) is 5.69 Å². The number of piperidine rings is 1. The molecule has 0 amide bonds. The molecular weight excluding hydrogens is 232 g/mol. The molecule has 102 valence electrons. The van der Waals surface area contributed by atoms with Gasteiger partial charge in [0, 0.05) is 18.8 Å². The Morgan fingerprint density at radius 3 is 2.42 bits per heavy atom. The minimum Gasteiger partial charge on any atom is -0.372 e. The van der Waals surface area contributed by atoms with Gasteiger partial charge in [0.15, 0.2) is 0 Å². The zero-order chi connectivity index (χ0) is 13.5. The Morgan fingerprint density at radius 1 is 1.16 bits per heavy atom. The van der Waals surface area contributed by atoms with Crippen molar-refractivity contribution in [3.8, 4) is 6.07 Å². The molecule has 0 spiro atoms. The summed E-state index contributed by atoms with van der Waals surface area (Å²) in [7, 11) is 0. The molecule has 1 saturated heterocycles. The van der Waals surface area contributed by atoms with E-state index in [1.807, 2.05) is 12.1 Å². The van der Waals surface area contributed by atoms with Gasteiger partial charge in [-0.3, -0.25) is 0 Å². The van der Waals surface area contributed by atoms with E-state index in [1.165, 1.54) is 57.3 Å². The quantitative estimate of drug-likeness (QED) is 0.732. The molecule has 1 aromatic carbocycles. The number of rotatable bonds is 5. The lowest BCUT2D eigenvalue weighted by Crippen LogP contribution is -2.33. The van der Waals surface area contributed by atoms with Crippen molar-refractivity contribution in [2.45, 2.75) is 45.4 Å². The normalized spacial score (nSPS) is 16.3. The van der Waals surface area contributed by atoms with Crippen molar-refractivity contribution >= 4 is 5.69 Å². The molecule has 0 saturated carbocycles. The van der Waals surface area contributed by atoms with Crippen LogP contribution >= 0.6 is 0 Å². The SMILES string of the molecule is CCCCCC1CCN(c2ccc(C#N)cc2)CC1. The molecule has 0 bridgehead atoms. The van der Waals surface area contributed by atoms with E-state index < -0.39 is 0 Å². The maximum Gasteiger partial charge on any atom is 0.0991 e. The van der Waals surface area contributed by atoms with E-state index in [2.05, 4.69) is 30.0 Å². The van der Waals surface area contributed by atoms with Crippen LogP contribution in [0.5, 0.6) is 0 Å². The van der Waals surface area contributed by atoms with Crippen molar-refractivity contribution < 1.29 is 0 Å². The Hall–Kier alpha value is -1.49. The maximum atomic E-state index is 8.81. The van der Waals surface area contributed by atoms with Crippen LogP contribution in [-0.4, -0.2) is 13.1 Å². The highest BCUT2D eigenvalue weighted by molar-refractivity contribution is 5.49. The number of anilines is 1. The van der Waals surface area contributed by atoms with Gasteiger partial charge in [0.1, 0.15) is 0 Å². The van der Waals surface area contributed by atoms with Crippen LogP contribution in [0.2, 0.25) is 0 Å². The van der Waals surface area contributed by atoms with Crippen molar-refractivity contribution in [3.63, 3.8) is 0 Å². The number of hydrogen-bond acceptors (Lipinski definition) is 2. The van der Waals surface area contributed by atoms with E-state index in [9.17, 15) is 0 Å². The number of nitrogens with zero attached hydrogens (tertiary/aromatic N) is 2. The van der Waals surface area contributed by atoms with E-state index in [0.717, 1.165) is 11.5 Å². The molecule has 2 rings (SSSR count). The Labute approximate surface area is 117 Å². The summed E-state index contributed by atoms with van der Waals surface area (Å²) in [4.78, 5) is 2.46. The molecule has 1 heterocycles. The summed E-state index contributed by atoms with van der Waals surface area (Å²) in [6.07, 6.45) is 8.17. The smallest absolute Gasteiger partial charge is 0.0991 e. The molecule has 1 aromatic rings. The van der Waals surface area contributed by atoms with Gasteiger partial charge in [-0.1, -0.05) is 32.6 Å². The molecule has 0 atom stereocenters. The number of hydrogen-bond donors (Lipinski definition) is 0. The van der Waals surface area contributed by atoms with Crippen LogP contribution in [-0.2, 0) is 0 Å². The van der Waals surface area contributed by atoms with E-state index in [0.29, 0.717) is 0 Å². The Balaban J connectivity index is 1.80. The van der Waals surface area contributed by atoms with Gasteiger partial charge >= 0.3 is 0 Å². The van der Waals surface area contributed by atoms with Crippen LogP contribution in [0.25, 0.3) is 0 Å². The second kappa shape index (κ2) is 7.19. The first kappa shape index (κ1) is 13.9. The maximum absolute atomic E-state index is 8.81. The van der Waals surface area contributed by atoms with Crippen LogP contribution < -0.4 is 4.90 Å². The predicted molar refractivity (Wildman–Crippen MR) is 80.2 cm³/mol. The third-order valence-corrected chi connectivity index (χ3v) is 4.19. The van der Waals surface area contributed by atoms with Gasteiger partial charge in [-0.25, -0.2) is 0 Å². The number of benzene rings is 1. The average molecular weight is 256 g/mol. The third kappa shape index (κ3) is 3.99. The highest BCUT2D eigenvalue weighted by atomic mass is 15.1. The molecule has 1 aliphatic rings. The van der Waals surface area contributed by atoms with Crippen molar-refractivity contribution in [1.82, 2.24) is 0 Å². The Kier molecular flexibility index (Phi) is 5.27. The fourth-order valence-corrected chi connectivity index (χ4v) is 2.91. The monoisotopic (exact) mass is 256 g/mol. The topological polar surface area (TPSA) is 27.0 Å². The third-order valence-electron chi connectivity index (χ3n) is 4.19. The molecule has 19 heavy (non-hydrogen) atoms. The Bertz CT molecular complexity index is 408. The van der Waals surface area contributed by atoms with Gasteiger partial charge in [-0.05, 0) is 43.0 Å². The van der Waals surface area contributed by atoms with Gasteiger partial charge in [0.2, 0.25) is 0 Å². The first-order valence-corrected chi connectivity index (χ1v) is 7.58. The van der Waals surface area contributed by atoms with Gasteiger partial charge in [0.05, 0.1) is 11.6 Å². The molecule has 2 nitrogen and oxygen atoms in total. The lowest BCUT2D eigenvalue weighted by Gasteiger charge is -2.33. The summed E-state index contributed by atoms with van der Waals surface area (Å²) in [6.45, 7) is 4.61. The molecule has 0 radical (unpaired) electrons. The summed E-state index contributed by atoms with van der Waals surface area (Å²) in [6, 6.07) is 10.2. The van der Waals surface area contributed by atoms with Crippen molar-refractivity contribution in [2.24, 2.45) is 5.92 Å². The fraction of sp³-hybridized carbons (Fsp3) is 0.588. The fourth-order valence-electron chi connectivity index (χ4n) is 2.91. The van der Waals surface area contributed by atoms with Crippen molar-refractivity contribution in [3.05, 3.63) is 29.8 Å². The van der Waals surface area contributed by atoms with E-state index in [4.69, 9.17) is 5.26 Å². The predicted octanol–water partition coefficient (Wildman–Crippen LogP) is 4.35. The first-order chi connectivity index (χ1) is 9.33. The molecule has 0 N–H and O–H groups in total. The molecule has 0 aromatic heterocycles. The minimum absolute atomic E-state index is 0.748. The average Bonchev–Trinajstić information content (AvgIpc) is 2.48. The van der Waals surface area contributed by atoms with Gasteiger partial charge in [-0.2, -0.15) is 5.26 Å². The molecule has 1 fully saturated rings. The van der Waals surface area contributed by atoms with Crippen LogP contribution in [0.15, 0.2) is 24.3 Å². The van der Waals surface area contributed by atoms with E-state index in [-0.39, 0.29) is 0 Å². The molecule has 1 aliphatic heterocycles. The lowest BCUT2D eigenvalue weighted by atomic mass is 9.91. The lowest BCUT2D eigenvalue weighted by molar-refractivity contribution is 0.368. The summed E-state index contributed by atoms with van der Waals surface area (Å²) >= 11 is 0. The highest BCUT2D eigenvalue weighted by Crippen LogP contribution is 2.26. The van der Waals surface area contributed by atoms with Gasteiger partial charge < -0.3 is 4.90 Å². The van der Waals surface area contributed by atoms with Gasteiger partial charge in [-0.15, -0.1) is 0 Å². The Morgan fingerprint density at radius 2 is 1.84 bits per heavy atom. The number of unbranched alkanes of at least 4 members (excludes halogenated alkanes) is 2. The summed E-state index contributed by atoms with van der Waals surface area (Å²) in [5.74, 6) is 0.932. The number of nitriles is 1. The second-order valence-electron chi connectivity index (χ2n) is 5.58. The minimum atomic E-state index is 0.748. The molecule has 0 unspecified atom stereocenters. The zero-order valence-electron chi connectivity index (χ0n) is 11.9. The molecule has 2 heteroatoms. The standard InChI is InChI=1S/C17H24N2/c1-2-3-4-5-15-10-12-19(13-11-15)17-8-6-16(14-18)7-9-17/h6-9,15H,2-5,10-13H2,1H3. The molecular formula is C17H24N2. The second-order valence-corrected chi connectivity index (χ2v) is 5.58. The summed E-state index contributed by atoms with van der Waals surface area (Å²) in [5, 5.41) is 8.81. The largest absolute Gasteiger partial charge is 0.372 e.